The molecule has 0 bridgehead atoms. The molecule has 0 atom stereocenters. The third-order valence-corrected chi connectivity index (χ3v) is 2.65. The summed E-state index contributed by atoms with van der Waals surface area (Å²) in [6, 6.07) is 8.25. The zero-order valence-electron chi connectivity index (χ0n) is 9.54. The predicted molar refractivity (Wildman–Crippen MR) is 62.2 cm³/mol. The second-order valence-electron chi connectivity index (χ2n) is 3.93. The Morgan fingerprint density at radius 2 is 1.63 bits per heavy atom. The van der Waals surface area contributed by atoms with Gasteiger partial charge in [0.1, 0.15) is 5.82 Å². The number of aldehydes is 1. The molecule has 0 aliphatic rings. The lowest BCUT2D eigenvalue weighted by Crippen LogP contribution is -2.04. The van der Waals surface area contributed by atoms with Crippen LogP contribution in [-0.2, 0) is 6.18 Å². The van der Waals surface area contributed by atoms with E-state index in [1.54, 1.807) is 0 Å². The molecule has 2 aromatic rings. The highest BCUT2D eigenvalue weighted by molar-refractivity contribution is 5.79. The maximum absolute atomic E-state index is 13.1. The summed E-state index contributed by atoms with van der Waals surface area (Å²) in [6.07, 6.45) is -4.12. The summed E-state index contributed by atoms with van der Waals surface area (Å²) in [5.74, 6) is -0.703. The van der Waals surface area contributed by atoms with Crippen molar-refractivity contribution in [3.8, 4) is 11.1 Å². The minimum atomic E-state index is -4.44. The number of carbonyl (C=O) groups is 1. The molecule has 0 unspecified atom stereocenters. The Morgan fingerprint density at radius 1 is 0.947 bits per heavy atom. The standard InChI is InChI=1S/C14H8F4O/c15-13-5-4-10(6-11(13)8-19)9-2-1-3-12(7-9)14(16,17)18/h1-8H. The second-order valence-corrected chi connectivity index (χ2v) is 3.93. The van der Waals surface area contributed by atoms with Crippen molar-refractivity contribution in [1.82, 2.24) is 0 Å². The van der Waals surface area contributed by atoms with Crippen molar-refractivity contribution < 1.29 is 22.4 Å². The third-order valence-electron chi connectivity index (χ3n) is 2.65. The first-order valence-corrected chi connectivity index (χ1v) is 5.34. The maximum Gasteiger partial charge on any atom is 0.416 e. The first kappa shape index (κ1) is 13.3. The minimum absolute atomic E-state index is 0.185. The van der Waals surface area contributed by atoms with Crippen LogP contribution in [0.2, 0.25) is 0 Å². The monoisotopic (exact) mass is 268 g/mol. The van der Waals surface area contributed by atoms with Gasteiger partial charge in [0.15, 0.2) is 6.29 Å². The summed E-state index contributed by atoms with van der Waals surface area (Å²) in [7, 11) is 0. The molecule has 98 valence electrons. The molecule has 0 aliphatic carbocycles. The predicted octanol–water partition coefficient (Wildman–Crippen LogP) is 4.32. The Bertz CT molecular complexity index is 617. The molecular formula is C14H8F4O. The van der Waals surface area contributed by atoms with Gasteiger partial charge in [-0.1, -0.05) is 18.2 Å². The van der Waals surface area contributed by atoms with E-state index in [2.05, 4.69) is 0 Å². The van der Waals surface area contributed by atoms with Crippen molar-refractivity contribution >= 4 is 6.29 Å². The van der Waals surface area contributed by atoms with Crippen molar-refractivity contribution in [1.29, 1.82) is 0 Å². The zero-order valence-corrected chi connectivity index (χ0v) is 9.54. The van der Waals surface area contributed by atoms with Gasteiger partial charge in [-0.2, -0.15) is 13.2 Å². The lowest BCUT2D eigenvalue weighted by Gasteiger charge is -2.09. The van der Waals surface area contributed by atoms with Crippen LogP contribution in [-0.4, -0.2) is 6.29 Å². The van der Waals surface area contributed by atoms with Crippen LogP contribution in [0.3, 0.4) is 0 Å². The van der Waals surface area contributed by atoms with Crippen molar-refractivity contribution in [2.75, 3.05) is 0 Å². The summed E-state index contributed by atoms with van der Waals surface area (Å²) >= 11 is 0. The van der Waals surface area contributed by atoms with Crippen LogP contribution in [0.25, 0.3) is 11.1 Å². The fraction of sp³-hybridized carbons (Fsp3) is 0.0714. The molecule has 0 saturated heterocycles. The molecule has 0 N–H and O–H groups in total. The van der Waals surface area contributed by atoms with E-state index >= 15 is 0 Å². The van der Waals surface area contributed by atoms with Crippen LogP contribution in [0, 0.1) is 5.82 Å². The topological polar surface area (TPSA) is 17.1 Å². The number of halogens is 4. The number of hydrogen-bond acceptors (Lipinski definition) is 1. The largest absolute Gasteiger partial charge is 0.416 e. The fourth-order valence-electron chi connectivity index (χ4n) is 1.69. The third kappa shape index (κ3) is 2.81. The van der Waals surface area contributed by atoms with Gasteiger partial charge in [0.25, 0.3) is 0 Å². The minimum Gasteiger partial charge on any atom is -0.298 e. The maximum atomic E-state index is 13.1. The van der Waals surface area contributed by atoms with Gasteiger partial charge >= 0.3 is 6.18 Å². The van der Waals surface area contributed by atoms with E-state index in [0.29, 0.717) is 11.8 Å². The lowest BCUT2D eigenvalue weighted by molar-refractivity contribution is -0.137. The van der Waals surface area contributed by atoms with E-state index in [1.165, 1.54) is 24.3 Å². The summed E-state index contributed by atoms with van der Waals surface area (Å²) in [5.41, 5.74) is -0.343. The van der Waals surface area contributed by atoms with E-state index in [1.807, 2.05) is 0 Å². The molecule has 19 heavy (non-hydrogen) atoms. The molecule has 0 fully saturated rings. The molecular weight excluding hydrogens is 260 g/mol. The van der Waals surface area contributed by atoms with Gasteiger partial charge in [-0.25, -0.2) is 4.39 Å². The Balaban J connectivity index is 2.50. The van der Waals surface area contributed by atoms with Crippen LogP contribution in [0.4, 0.5) is 17.6 Å². The normalized spacial score (nSPS) is 11.4. The fourth-order valence-corrected chi connectivity index (χ4v) is 1.69. The van der Waals surface area contributed by atoms with E-state index in [9.17, 15) is 22.4 Å². The number of carbonyl (C=O) groups excluding carboxylic acids is 1. The van der Waals surface area contributed by atoms with Crippen molar-refractivity contribution in [3.05, 3.63) is 59.4 Å². The van der Waals surface area contributed by atoms with Crippen molar-refractivity contribution in [2.45, 2.75) is 6.18 Å². The highest BCUT2D eigenvalue weighted by Gasteiger charge is 2.30. The van der Waals surface area contributed by atoms with Gasteiger partial charge in [-0.05, 0) is 35.4 Å². The van der Waals surface area contributed by atoms with Gasteiger partial charge in [0.2, 0.25) is 0 Å². The summed E-state index contributed by atoms with van der Waals surface area (Å²) < 4.78 is 50.9. The van der Waals surface area contributed by atoms with Gasteiger partial charge in [0, 0.05) is 0 Å². The quantitative estimate of drug-likeness (QED) is 0.585. The molecule has 0 saturated carbocycles. The SMILES string of the molecule is O=Cc1cc(-c2cccc(C(F)(F)F)c2)ccc1F. The molecule has 0 aliphatic heterocycles. The van der Waals surface area contributed by atoms with E-state index in [0.717, 1.165) is 18.2 Å². The highest BCUT2D eigenvalue weighted by atomic mass is 19.4. The van der Waals surface area contributed by atoms with Crippen LogP contribution in [0.5, 0.6) is 0 Å². The van der Waals surface area contributed by atoms with Crippen LogP contribution >= 0.6 is 0 Å². The van der Waals surface area contributed by atoms with Gasteiger partial charge < -0.3 is 0 Å². The Hall–Kier alpha value is -2.17. The number of rotatable bonds is 2. The Morgan fingerprint density at radius 3 is 2.26 bits per heavy atom. The zero-order chi connectivity index (χ0) is 14.0. The van der Waals surface area contributed by atoms with E-state index < -0.39 is 17.6 Å². The van der Waals surface area contributed by atoms with E-state index in [4.69, 9.17) is 0 Å². The highest BCUT2D eigenvalue weighted by Crippen LogP contribution is 2.32. The first-order valence-electron chi connectivity index (χ1n) is 5.34. The van der Waals surface area contributed by atoms with E-state index in [-0.39, 0.29) is 11.1 Å². The Labute approximate surface area is 106 Å². The average Bonchev–Trinajstić information content (AvgIpc) is 2.38. The summed E-state index contributed by atoms with van der Waals surface area (Å²) in [5, 5.41) is 0. The van der Waals surface area contributed by atoms with Gasteiger partial charge in [-0.15, -0.1) is 0 Å². The molecule has 0 heterocycles. The number of alkyl halides is 3. The average molecular weight is 268 g/mol. The molecule has 1 nitrogen and oxygen atoms in total. The Kier molecular flexibility index (Phi) is 3.38. The van der Waals surface area contributed by atoms with Crippen LogP contribution in [0.1, 0.15) is 15.9 Å². The summed E-state index contributed by atoms with van der Waals surface area (Å²) in [6.45, 7) is 0. The van der Waals surface area contributed by atoms with Crippen LogP contribution in [0.15, 0.2) is 42.5 Å². The second kappa shape index (κ2) is 4.84. The number of hydrogen-bond donors (Lipinski definition) is 0. The molecule has 0 radical (unpaired) electrons. The van der Waals surface area contributed by atoms with Gasteiger partial charge in [-0.3, -0.25) is 4.79 Å². The summed E-state index contributed by atoms with van der Waals surface area (Å²) in [4.78, 5) is 10.6. The van der Waals surface area contributed by atoms with Crippen molar-refractivity contribution in [3.63, 3.8) is 0 Å². The molecule has 2 aromatic carbocycles. The smallest absolute Gasteiger partial charge is 0.298 e. The van der Waals surface area contributed by atoms with Gasteiger partial charge in [0.05, 0.1) is 11.1 Å². The van der Waals surface area contributed by atoms with Crippen molar-refractivity contribution in [2.24, 2.45) is 0 Å². The molecule has 5 heteroatoms. The molecule has 0 aromatic heterocycles. The molecule has 2 rings (SSSR count). The molecule has 0 spiro atoms. The molecule has 0 amide bonds. The lowest BCUT2D eigenvalue weighted by atomic mass is 10.0. The number of benzene rings is 2. The van der Waals surface area contributed by atoms with Crippen LogP contribution < -0.4 is 0 Å². The first-order chi connectivity index (χ1) is 8.91.